The standard InChI is InChI=1S/C17H18IN3O4/c18-20-12-1-2-14-11(7-12)3-4-21-15(14)8-16(19-17(21)22)25-10-13-9-23-5-6-24-13/h1-2,7-8,13,20H,3-6,9-10H2/t13-/m0/s1. The van der Waals surface area contributed by atoms with Gasteiger partial charge in [0.2, 0.25) is 5.88 Å². The highest BCUT2D eigenvalue weighted by Crippen LogP contribution is 2.31. The molecule has 0 aliphatic carbocycles. The zero-order chi connectivity index (χ0) is 17.2. The highest BCUT2D eigenvalue weighted by Gasteiger charge is 2.20. The van der Waals surface area contributed by atoms with Gasteiger partial charge in [-0.25, -0.2) is 4.79 Å². The maximum Gasteiger partial charge on any atom is 0.351 e. The van der Waals surface area contributed by atoms with Gasteiger partial charge in [-0.05, 0) is 24.1 Å². The Bertz CT molecular complexity index is 833. The first-order valence-corrected chi connectivity index (χ1v) is 9.26. The van der Waals surface area contributed by atoms with Gasteiger partial charge >= 0.3 is 5.69 Å². The third kappa shape index (κ3) is 3.51. The first-order chi connectivity index (χ1) is 12.2. The largest absolute Gasteiger partial charge is 0.475 e. The Hall–Kier alpha value is -1.65. The Morgan fingerprint density at radius 3 is 3.08 bits per heavy atom. The van der Waals surface area contributed by atoms with E-state index in [2.05, 4.69) is 37.4 Å². The molecule has 1 aromatic heterocycles. The van der Waals surface area contributed by atoms with Gasteiger partial charge in [0.15, 0.2) is 0 Å². The van der Waals surface area contributed by atoms with Crippen LogP contribution in [0.4, 0.5) is 5.69 Å². The molecule has 0 amide bonds. The molecule has 3 heterocycles. The van der Waals surface area contributed by atoms with E-state index in [9.17, 15) is 4.79 Å². The molecule has 2 aliphatic heterocycles. The first-order valence-electron chi connectivity index (χ1n) is 8.18. The van der Waals surface area contributed by atoms with E-state index in [1.165, 1.54) is 5.56 Å². The molecule has 1 aromatic carbocycles. The number of ether oxygens (including phenoxy) is 3. The van der Waals surface area contributed by atoms with Crippen molar-refractivity contribution in [2.24, 2.45) is 0 Å². The molecular formula is C17H18IN3O4. The van der Waals surface area contributed by atoms with Gasteiger partial charge in [-0.1, -0.05) is 6.07 Å². The molecule has 1 N–H and O–H groups in total. The maximum absolute atomic E-state index is 12.4. The fraction of sp³-hybridized carbons (Fsp3) is 0.412. The number of nitrogens with one attached hydrogen (secondary N) is 1. The first kappa shape index (κ1) is 16.8. The average molecular weight is 455 g/mol. The lowest BCUT2D eigenvalue weighted by molar-refractivity contribution is -0.102. The van der Waals surface area contributed by atoms with Crippen molar-refractivity contribution in [2.45, 2.75) is 19.1 Å². The monoisotopic (exact) mass is 455 g/mol. The van der Waals surface area contributed by atoms with Gasteiger partial charge in [0, 0.05) is 23.9 Å². The summed E-state index contributed by atoms with van der Waals surface area (Å²) in [7, 11) is 0. The van der Waals surface area contributed by atoms with E-state index in [1.807, 2.05) is 18.2 Å². The molecule has 25 heavy (non-hydrogen) atoms. The molecule has 1 atom stereocenters. The van der Waals surface area contributed by atoms with Gasteiger partial charge < -0.3 is 17.7 Å². The van der Waals surface area contributed by atoms with Crippen LogP contribution in [-0.4, -0.2) is 42.1 Å². The van der Waals surface area contributed by atoms with E-state index in [0.717, 1.165) is 23.4 Å². The van der Waals surface area contributed by atoms with Crippen molar-refractivity contribution in [3.63, 3.8) is 0 Å². The maximum atomic E-state index is 12.4. The molecule has 2 aliphatic rings. The molecule has 0 unspecified atom stereocenters. The SMILES string of the molecule is O=c1nc(OC[C@@H]2COCCO2)cc2n1CCc1cc(NI)ccc1-2. The third-order valence-corrected chi connectivity index (χ3v) is 5.01. The Morgan fingerprint density at radius 2 is 2.28 bits per heavy atom. The summed E-state index contributed by atoms with van der Waals surface area (Å²) in [5.74, 6) is 0.328. The van der Waals surface area contributed by atoms with E-state index in [-0.39, 0.29) is 11.8 Å². The molecule has 1 fully saturated rings. The van der Waals surface area contributed by atoms with Crippen molar-refractivity contribution in [3.8, 4) is 17.1 Å². The molecule has 0 bridgehead atoms. The van der Waals surface area contributed by atoms with Crippen LogP contribution in [0.2, 0.25) is 0 Å². The Kier molecular flexibility index (Phi) is 4.91. The number of aryl methyl sites for hydroxylation is 1. The summed E-state index contributed by atoms with van der Waals surface area (Å²) in [4.78, 5) is 16.4. The van der Waals surface area contributed by atoms with Crippen LogP contribution in [0, 0.1) is 0 Å². The number of fused-ring (bicyclic) bond motifs is 3. The summed E-state index contributed by atoms with van der Waals surface area (Å²) in [5, 5.41) is 0. The lowest BCUT2D eigenvalue weighted by atomic mass is 9.97. The van der Waals surface area contributed by atoms with Crippen LogP contribution in [-0.2, 0) is 22.4 Å². The molecule has 4 rings (SSSR count). The second-order valence-corrected chi connectivity index (χ2v) is 6.55. The van der Waals surface area contributed by atoms with E-state index in [0.29, 0.717) is 38.9 Å². The van der Waals surface area contributed by atoms with Crippen LogP contribution in [0.5, 0.6) is 5.88 Å². The second-order valence-electron chi connectivity index (χ2n) is 6.01. The Balaban J connectivity index is 1.61. The second kappa shape index (κ2) is 7.30. The summed E-state index contributed by atoms with van der Waals surface area (Å²) in [5.41, 5.74) is 3.87. The number of aromatic nitrogens is 2. The molecule has 1 saturated heterocycles. The van der Waals surface area contributed by atoms with Gasteiger partial charge in [-0.3, -0.25) is 4.57 Å². The Morgan fingerprint density at radius 1 is 1.36 bits per heavy atom. The molecule has 0 radical (unpaired) electrons. The van der Waals surface area contributed by atoms with Gasteiger partial charge in [0.1, 0.15) is 12.7 Å². The molecule has 2 aromatic rings. The zero-order valence-corrected chi connectivity index (χ0v) is 15.7. The minimum Gasteiger partial charge on any atom is -0.475 e. The number of hydrogen-bond acceptors (Lipinski definition) is 6. The van der Waals surface area contributed by atoms with Crippen LogP contribution in [0.25, 0.3) is 11.3 Å². The predicted molar refractivity (Wildman–Crippen MR) is 101 cm³/mol. The van der Waals surface area contributed by atoms with Crippen molar-refractivity contribution >= 4 is 28.6 Å². The lowest BCUT2D eigenvalue weighted by Crippen LogP contribution is -2.34. The number of rotatable bonds is 4. The third-order valence-electron chi connectivity index (χ3n) is 4.38. The molecule has 132 valence electrons. The van der Waals surface area contributed by atoms with Gasteiger partial charge in [-0.15, -0.1) is 0 Å². The summed E-state index contributed by atoms with van der Waals surface area (Å²) in [6.45, 7) is 2.62. The summed E-state index contributed by atoms with van der Waals surface area (Å²) in [6, 6.07) is 7.98. The predicted octanol–water partition coefficient (Wildman–Crippen LogP) is 2.02. The van der Waals surface area contributed by atoms with Crippen LogP contribution in [0.3, 0.4) is 0 Å². The van der Waals surface area contributed by atoms with E-state index >= 15 is 0 Å². The number of nitrogens with zero attached hydrogens (tertiary/aromatic N) is 2. The van der Waals surface area contributed by atoms with E-state index in [1.54, 1.807) is 4.57 Å². The normalized spacial score (nSPS) is 19.0. The quantitative estimate of drug-likeness (QED) is 0.562. The molecule has 8 heteroatoms. The minimum atomic E-state index is -0.282. The molecule has 0 saturated carbocycles. The van der Waals surface area contributed by atoms with Crippen molar-refractivity contribution < 1.29 is 14.2 Å². The highest BCUT2D eigenvalue weighted by atomic mass is 127. The summed E-state index contributed by atoms with van der Waals surface area (Å²) >= 11 is 2.11. The molecule has 0 spiro atoms. The number of benzene rings is 1. The van der Waals surface area contributed by atoms with E-state index < -0.39 is 0 Å². The zero-order valence-electron chi connectivity index (χ0n) is 13.5. The van der Waals surface area contributed by atoms with Crippen molar-refractivity contribution in [3.05, 3.63) is 40.3 Å². The smallest absolute Gasteiger partial charge is 0.351 e. The van der Waals surface area contributed by atoms with Crippen LogP contribution in [0.1, 0.15) is 5.56 Å². The Labute approximate surface area is 158 Å². The van der Waals surface area contributed by atoms with Crippen molar-refractivity contribution in [2.75, 3.05) is 30.0 Å². The molecule has 7 nitrogen and oxygen atoms in total. The average Bonchev–Trinajstić information content (AvgIpc) is 2.66. The van der Waals surface area contributed by atoms with Crippen LogP contribution in [0.15, 0.2) is 29.1 Å². The minimum absolute atomic E-state index is 0.126. The van der Waals surface area contributed by atoms with Gasteiger partial charge in [0.25, 0.3) is 0 Å². The fourth-order valence-corrected chi connectivity index (χ4v) is 3.49. The van der Waals surface area contributed by atoms with Crippen LogP contribution < -0.4 is 14.0 Å². The summed E-state index contributed by atoms with van der Waals surface area (Å²) in [6.07, 6.45) is 0.683. The van der Waals surface area contributed by atoms with Crippen molar-refractivity contribution in [1.82, 2.24) is 9.55 Å². The van der Waals surface area contributed by atoms with Gasteiger partial charge in [-0.2, -0.15) is 4.98 Å². The van der Waals surface area contributed by atoms with Gasteiger partial charge in [0.05, 0.1) is 48.4 Å². The van der Waals surface area contributed by atoms with E-state index in [4.69, 9.17) is 14.2 Å². The van der Waals surface area contributed by atoms with Crippen molar-refractivity contribution in [1.29, 1.82) is 0 Å². The topological polar surface area (TPSA) is 74.6 Å². The fourth-order valence-electron chi connectivity index (χ4n) is 3.15. The lowest BCUT2D eigenvalue weighted by Gasteiger charge is -2.24. The molecular weight excluding hydrogens is 437 g/mol. The highest BCUT2D eigenvalue weighted by molar-refractivity contribution is 14.1. The summed E-state index contributed by atoms with van der Waals surface area (Å²) < 4.78 is 21.4. The number of anilines is 1. The van der Waals surface area contributed by atoms with Crippen LogP contribution >= 0.6 is 22.9 Å². The number of halogens is 1. The number of hydrogen-bond donors (Lipinski definition) is 1.